The largest absolute Gasteiger partial charge is 0.383 e. The van der Waals surface area contributed by atoms with Gasteiger partial charge >= 0.3 is 0 Å². The Labute approximate surface area is 88.5 Å². The number of piperidine rings is 1. The normalized spacial score (nSPS) is 34.6. The highest BCUT2D eigenvalue weighted by atomic mass is 32.1. The van der Waals surface area contributed by atoms with Crippen LogP contribution in [0.4, 0.5) is 0 Å². The van der Waals surface area contributed by atoms with Crippen LogP contribution in [-0.4, -0.2) is 34.0 Å². The van der Waals surface area contributed by atoms with Gasteiger partial charge in [-0.05, 0) is 44.4 Å². The molecule has 78 valence electrons. The van der Waals surface area contributed by atoms with Gasteiger partial charge in [0.25, 0.3) is 0 Å². The molecule has 2 unspecified atom stereocenters. The van der Waals surface area contributed by atoms with Crippen molar-refractivity contribution in [3.63, 3.8) is 0 Å². The van der Waals surface area contributed by atoms with Crippen LogP contribution in [0.1, 0.15) is 25.5 Å². The molecule has 14 heavy (non-hydrogen) atoms. The molecule has 1 aromatic heterocycles. The van der Waals surface area contributed by atoms with Crippen molar-refractivity contribution in [2.45, 2.75) is 31.4 Å². The van der Waals surface area contributed by atoms with Crippen LogP contribution in [0.25, 0.3) is 0 Å². The smallest absolute Gasteiger partial charge is 0.110 e. The van der Waals surface area contributed by atoms with Gasteiger partial charge in [-0.1, -0.05) is 0 Å². The van der Waals surface area contributed by atoms with E-state index in [1.807, 2.05) is 11.4 Å². The Bertz CT molecular complexity index is 301. The zero-order valence-corrected chi connectivity index (χ0v) is 9.42. The zero-order valence-electron chi connectivity index (χ0n) is 8.60. The molecule has 2 heterocycles. The minimum Gasteiger partial charge on any atom is -0.383 e. The molecule has 1 aromatic rings. The maximum Gasteiger partial charge on any atom is 0.110 e. The highest BCUT2D eigenvalue weighted by Crippen LogP contribution is 2.34. The fourth-order valence-corrected chi connectivity index (χ4v) is 2.61. The molecule has 4 heteroatoms. The van der Waals surface area contributed by atoms with Crippen molar-refractivity contribution < 1.29 is 5.11 Å². The van der Waals surface area contributed by atoms with E-state index in [0.717, 1.165) is 25.1 Å². The van der Waals surface area contributed by atoms with Gasteiger partial charge < -0.3 is 10.0 Å². The first kappa shape index (κ1) is 10.1. The van der Waals surface area contributed by atoms with E-state index >= 15 is 0 Å². The Morgan fingerprint density at radius 3 is 3.07 bits per heavy atom. The van der Waals surface area contributed by atoms with E-state index in [1.165, 1.54) is 11.5 Å². The fourth-order valence-electron chi connectivity index (χ4n) is 2.01. The Kier molecular flexibility index (Phi) is 2.60. The average Bonchev–Trinajstić information content (AvgIpc) is 2.65. The zero-order chi connectivity index (χ0) is 10.2. The SMILES string of the molecule is CC1CC(O)(c2ccsn2)CCN1C. The first-order valence-electron chi connectivity index (χ1n) is 4.95. The summed E-state index contributed by atoms with van der Waals surface area (Å²) in [4.78, 5) is 2.28. The van der Waals surface area contributed by atoms with Crippen LogP contribution in [-0.2, 0) is 5.60 Å². The first-order chi connectivity index (χ1) is 6.62. The quantitative estimate of drug-likeness (QED) is 0.765. The molecule has 1 N–H and O–H groups in total. The third kappa shape index (κ3) is 1.69. The summed E-state index contributed by atoms with van der Waals surface area (Å²) >= 11 is 1.41. The van der Waals surface area contributed by atoms with Gasteiger partial charge in [0.1, 0.15) is 5.60 Å². The predicted molar refractivity (Wildman–Crippen MR) is 57.3 cm³/mol. The number of aromatic nitrogens is 1. The van der Waals surface area contributed by atoms with E-state index in [-0.39, 0.29) is 0 Å². The molecule has 0 aliphatic carbocycles. The lowest BCUT2D eigenvalue weighted by molar-refractivity contribution is -0.0433. The van der Waals surface area contributed by atoms with Gasteiger partial charge in [0.05, 0.1) is 5.69 Å². The summed E-state index contributed by atoms with van der Waals surface area (Å²) in [6, 6.07) is 2.36. The summed E-state index contributed by atoms with van der Waals surface area (Å²) in [7, 11) is 2.10. The van der Waals surface area contributed by atoms with Crippen LogP contribution < -0.4 is 0 Å². The van der Waals surface area contributed by atoms with Crippen LogP contribution in [0.2, 0.25) is 0 Å². The summed E-state index contributed by atoms with van der Waals surface area (Å²) in [6.07, 6.45) is 1.57. The van der Waals surface area contributed by atoms with Crippen LogP contribution in [0.15, 0.2) is 11.4 Å². The van der Waals surface area contributed by atoms with Crippen molar-refractivity contribution in [1.82, 2.24) is 9.27 Å². The molecule has 1 saturated heterocycles. The third-order valence-corrected chi connectivity index (χ3v) is 3.74. The number of hydrogen-bond donors (Lipinski definition) is 1. The Hall–Kier alpha value is -0.450. The minimum atomic E-state index is -0.689. The van der Waals surface area contributed by atoms with Crippen molar-refractivity contribution in [3.8, 4) is 0 Å². The molecule has 0 amide bonds. The van der Waals surface area contributed by atoms with E-state index in [0.29, 0.717) is 6.04 Å². The summed E-state index contributed by atoms with van der Waals surface area (Å²) < 4.78 is 4.24. The van der Waals surface area contributed by atoms with Gasteiger partial charge in [0.2, 0.25) is 0 Å². The second kappa shape index (κ2) is 3.61. The van der Waals surface area contributed by atoms with Gasteiger partial charge in [0.15, 0.2) is 0 Å². The van der Waals surface area contributed by atoms with Crippen LogP contribution in [0.5, 0.6) is 0 Å². The van der Waals surface area contributed by atoms with Crippen molar-refractivity contribution >= 4 is 11.5 Å². The molecule has 0 saturated carbocycles. The summed E-state index contributed by atoms with van der Waals surface area (Å²) in [5.74, 6) is 0. The third-order valence-electron chi connectivity index (χ3n) is 3.18. The van der Waals surface area contributed by atoms with Gasteiger partial charge in [-0.3, -0.25) is 0 Å². The lowest BCUT2D eigenvalue weighted by atomic mass is 9.85. The number of rotatable bonds is 1. The van der Waals surface area contributed by atoms with Crippen molar-refractivity contribution in [1.29, 1.82) is 0 Å². The predicted octanol–water partition coefficient (Wildman–Crippen LogP) is 1.44. The van der Waals surface area contributed by atoms with Gasteiger partial charge in [-0.25, -0.2) is 0 Å². The van der Waals surface area contributed by atoms with Gasteiger partial charge in [-0.2, -0.15) is 4.37 Å². The highest BCUT2D eigenvalue weighted by molar-refractivity contribution is 7.03. The highest BCUT2D eigenvalue weighted by Gasteiger charge is 2.37. The summed E-state index contributed by atoms with van der Waals surface area (Å²) in [5, 5.41) is 12.4. The van der Waals surface area contributed by atoms with E-state index in [2.05, 4.69) is 23.2 Å². The molecule has 2 rings (SSSR count). The molecule has 1 aliphatic heterocycles. The van der Waals surface area contributed by atoms with E-state index in [4.69, 9.17) is 0 Å². The minimum absolute atomic E-state index is 0.426. The molecule has 1 fully saturated rings. The average molecular weight is 212 g/mol. The molecule has 2 atom stereocenters. The number of aliphatic hydroxyl groups is 1. The lowest BCUT2D eigenvalue weighted by Crippen LogP contribution is -2.46. The van der Waals surface area contributed by atoms with Crippen molar-refractivity contribution in [3.05, 3.63) is 17.1 Å². The number of hydrogen-bond acceptors (Lipinski definition) is 4. The summed E-state index contributed by atoms with van der Waals surface area (Å²) in [6.45, 7) is 3.09. The fraction of sp³-hybridized carbons (Fsp3) is 0.700. The molecule has 1 aliphatic rings. The van der Waals surface area contributed by atoms with Crippen molar-refractivity contribution in [2.75, 3.05) is 13.6 Å². The van der Waals surface area contributed by atoms with E-state index < -0.39 is 5.60 Å². The van der Waals surface area contributed by atoms with Gasteiger partial charge in [-0.15, -0.1) is 0 Å². The molecule has 0 bridgehead atoms. The van der Waals surface area contributed by atoms with Crippen LogP contribution in [0.3, 0.4) is 0 Å². The Balaban J connectivity index is 2.18. The second-order valence-electron chi connectivity index (χ2n) is 4.20. The van der Waals surface area contributed by atoms with Crippen LogP contribution >= 0.6 is 11.5 Å². The maximum atomic E-state index is 10.4. The van der Waals surface area contributed by atoms with Crippen molar-refractivity contribution in [2.24, 2.45) is 0 Å². The number of nitrogens with zero attached hydrogens (tertiary/aromatic N) is 2. The Morgan fingerprint density at radius 2 is 2.50 bits per heavy atom. The Morgan fingerprint density at radius 1 is 1.71 bits per heavy atom. The molecular formula is C10H16N2OS. The van der Waals surface area contributed by atoms with Crippen LogP contribution in [0, 0.1) is 0 Å². The van der Waals surface area contributed by atoms with Gasteiger partial charge in [0, 0.05) is 18.0 Å². The number of likely N-dealkylation sites (tertiary alicyclic amines) is 1. The lowest BCUT2D eigenvalue weighted by Gasteiger charge is -2.40. The van der Waals surface area contributed by atoms with E-state index in [9.17, 15) is 5.11 Å². The monoisotopic (exact) mass is 212 g/mol. The first-order valence-corrected chi connectivity index (χ1v) is 5.79. The molecule has 0 radical (unpaired) electrons. The molecular weight excluding hydrogens is 196 g/mol. The molecule has 3 nitrogen and oxygen atoms in total. The summed E-state index contributed by atoms with van der Waals surface area (Å²) in [5.41, 5.74) is 0.161. The van der Waals surface area contributed by atoms with E-state index in [1.54, 1.807) is 0 Å². The molecule has 0 aromatic carbocycles. The maximum absolute atomic E-state index is 10.4. The standard InChI is InChI=1S/C10H16N2OS/c1-8-7-10(13,4-5-12(8)2)9-3-6-14-11-9/h3,6,8,13H,4-5,7H2,1-2H3. The second-order valence-corrected chi connectivity index (χ2v) is 4.87. The topological polar surface area (TPSA) is 36.4 Å². The molecule has 0 spiro atoms.